The molecule has 3 aromatic rings. The van der Waals surface area contributed by atoms with Crippen LogP contribution in [0.1, 0.15) is 43.0 Å². The van der Waals surface area contributed by atoms with Crippen molar-refractivity contribution in [3.05, 3.63) is 95.1 Å². The van der Waals surface area contributed by atoms with E-state index in [0.717, 1.165) is 36.1 Å². The highest BCUT2D eigenvalue weighted by molar-refractivity contribution is 6.01. The van der Waals surface area contributed by atoms with Crippen LogP contribution in [0.4, 0.5) is 0 Å². The van der Waals surface area contributed by atoms with Gasteiger partial charge < -0.3 is 15.8 Å². The van der Waals surface area contributed by atoms with Gasteiger partial charge in [-0.05, 0) is 67.5 Å². The van der Waals surface area contributed by atoms with Crippen LogP contribution in [0.3, 0.4) is 0 Å². The van der Waals surface area contributed by atoms with Crippen LogP contribution in [-0.4, -0.2) is 30.9 Å². The van der Waals surface area contributed by atoms with Gasteiger partial charge in [-0.15, -0.1) is 0 Å². The fourth-order valence-electron chi connectivity index (χ4n) is 4.18. The Labute approximate surface area is 213 Å². The first-order valence-electron chi connectivity index (χ1n) is 12.3. The van der Waals surface area contributed by atoms with Crippen molar-refractivity contribution >= 4 is 18.1 Å². The van der Waals surface area contributed by atoms with Crippen molar-refractivity contribution in [3.63, 3.8) is 0 Å². The average molecular weight is 483 g/mol. The largest absolute Gasteiger partial charge is 0.442 e. The van der Waals surface area contributed by atoms with Gasteiger partial charge in [0.05, 0.1) is 5.41 Å². The van der Waals surface area contributed by atoms with Crippen molar-refractivity contribution in [3.8, 4) is 11.1 Å². The molecule has 0 unspecified atom stereocenters. The van der Waals surface area contributed by atoms with Gasteiger partial charge in [0.1, 0.15) is 12.2 Å². The summed E-state index contributed by atoms with van der Waals surface area (Å²) in [5.41, 5.74) is 12.8. The van der Waals surface area contributed by atoms with E-state index in [4.69, 9.17) is 10.5 Å². The maximum Gasteiger partial charge on any atom is 0.313 e. The number of carbonyl (C=O) groups is 1. The first-order valence-corrected chi connectivity index (χ1v) is 12.3. The van der Waals surface area contributed by atoms with Gasteiger partial charge in [-0.3, -0.25) is 4.79 Å². The second-order valence-electron chi connectivity index (χ2n) is 10.2. The average Bonchev–Trinajstić information content (AvgIpc) is 3.30. The number of nitrogens with zero attached hydrogens (tertiary/aromatic N) is 2. The highest BCUT2D eigenvalue weighted by atomic mass is 16.5. The van der Waals surface area contributed by atoms with Gasteiger partial charge in [-0.25, -0.2) is 9.98 Å². The number of fused-ring (bicyclic) bond motifs is 1. The highest BCUT2D eigenvalue weighted by Crippen LogP contribution is 2.24. The molecule has 186 valence electrons. The number of rotatable bonds is 8. The monoisotopic (exact) mass is 482 g/mol. The summed E-state index contributed by atoms with van der Waals surface area (Å²) in [6.45, 7) is 6.14. The molecule has 0 aromatic heterocycles. The molecule has 0 radical (unpaired) electrons. The van der Waals surface area contributed by atoms with Crippen LogP contribution in [0.5, 0.6) is 0 Å². The Morgan fingerprint density at radius 2 is 1.69 bits per heavy atom. The van der Waals surface area contributed by atoms with Crippen molar-refractivity contribution in [2.75, 3.05) is 6.73 Å². The molecule has 1 aliphatic rings. The van der Waals surface area contributed by atoms with E-state index in [0.29, 0.717) is 11.9 Å². The molecule has 6 heteroatoms. The van der Waals surface area contributed by atoms with Gasteiger partial charge in [-0.2, -0.15) is 0 Å². The van der Waals surface area contributed by atoms with Crippen molar-refractivity contribution in [2.24, 2.45) is 21.1 Å². The molecule has 36 heavy (non-hydrogen) atoms. The fraction of sp³-hybridized carbons (Fsp3) is 0.300. The SMILES string of the molecule is CC(C)(C)C(=O)OC/N=C/N=C(N)c1ccc(-c2cccc(CNC3Cc4ccccc4C3)c2)cc1. The number of carbonyl (C=O) groups excluding carboxylic acids is 1. The van der Waals surface area contributed by atoms with Crippen LogP contribution >= 0.6 is 0 Å². The van der Waals surface area contributed by atoms with Gasteiger partial charge >= 0.3 is 5.97 Å². The Balaban J connectivity index is 1.31. The lowest BCUT2D eigenvalue weighted by atomic mass is 9.98. The van der Waals surface area contributed by atoms with Gasteiger partial charge in [0.2, 0.25) is 0 Å². The van der Waals surface area contributed by atoms with Crippen LogP contribution in [-0.2, 0) is 28.9 Å². The number of nitrogens with two attached hydrogens (primary N) is 1. The Morgan fingerprint density at radius 3 is 2.36 bits per heavy atom. The molecule has 1 aliphatic carbocycles. The van der Waals surface area contributed by atoms with E-state index >= 15 is 0 Å². The van der Waals surface area contributed by atoms with E-state index in [9.17, 15) is 4.79 Å². The zero-order chi connectivity index (χ0) is 25.5. The van der Waals surface area contributed by atoms with E-state index in [1.165, 1.54) is 23.0 Å². The lowest BCUT2D eigenvalue weighted by molar-refractivity contribution is -0.152. The summed E-state index contributed by atoms with van der Waals surface area (Å²) >= 11 is 0. The van der Waals surface area contributed by atoms with E-state index in [2.05, 4.69) is 63.8 Å². The van der Waals surface area contributed by atoms with E-state index < -0.39 is 5.41 Å². The van der Waals surface area contributed by atoms with Crippen molar-refractivity contribution in [1.82, 2.24) is 5.32 Å². The van der Waals surface area contributed by atoms with Crippen molar-refractivity contribution in [1.29, 1.82) is 0 Å². The van der Waals surface area contributed by atoms with Crippen LogP contribution in [0, 0.1) is 5.41 Å². The number of hydrogen-bond donors (Lipinski definition) is 2. The Bertz CT molecular complexity index is 1230. The number of nitrogens with one attached hydrogen (secondary N) is 1. The standard InChI is InChI=1S/C30H34N4O2/c1-30(2,3)29(35)36-20-32-19-34-28(31)23-13-11-22(12-14-23)24-10-6-7-21(15-24)18-33-27-16-25-8-4-5-9-26(25)17-27/h4-15,19,27,33H,16-18,20H2,1-3H3,(H2,31,32,34). The Kier molecular flexibility index (Phi) is 7.96. The molecule has 0 saturated carbocycles. The Morgan fingerprint density at radius 1 is 1.00 bits per heavy atom. The molecular weight excluding hydrogens is 448 g/mol. The maximum atomic E-state index is 11.7. The number of hydrogen-bond acceptors (Lipinski definition) is 4. The topological polar surface area (TPSA) is 89.1 Å². The molecule has 3 aromatic carbocycles. The van der Waals surface area contributed by atoms with Crippen LogP contribution in [0.25, 0.3) is 11.1 Å². The number of amidine groups is 1. The first kappa shape index (κ1) is 25.3. The smallest absolute Gasteiger partial charge is 0.313 e. The number of aliphatic imine (C=N–C) groups is 2. The maximum absolute atomic E-state index is 11.7. The molecule has 0 heterocycles. The minimum Gasteiger partial charge on any atom is -0.442 e. The van der Waals surface area contributed by atoms with E-state index in [1.807, 2.05) is 24.3 Å². The lowest BCUT2D eigenvalue weighted by Crippen LogP contribution is -2.28. The quantitative estimate of drug-likeness (QED) is 0.272. The predicted molar refractivity (Wildman–Crippen MR) is 146 cm³/mol. The van der Waals surface area contributed by atoms with Gasteiger partial charge in [0.15, 0.2) is 6.73 Å². The summed E-state index contributed by atoms with van der Waals surface area (Å²) in [5.74, 6) is 0.0408. The van der Waals surface area contributed by atoms with Gasteiger partial charge in [0, 0.05) is 18.2 Å². The zero-order valence-electron chi connectivity index (χ0n) is 21.2. The number of ether oxygens (including phenoxy) is 1. The van der Waals surface area contributed by atoms with Crippen molar-refractivity contribution in [2.45, 2.75) is 46.2 Å². The highest BCUT2D eigenvalue weighted by Gasteiger charge is 2.22. The van der Waals surface area contributed by atoms with Crippen LogP contribution in [0.15, 0.2) is 82.8 Å². The van der Waals surface area contributed by atoms with Crippen molar-refractivity contribution < 1.29 is 9.53 Å². The molecule has 0 fully saturated rings. The van der Waals surface area contributed by atoms with E-state index in [1.54, 1.807) is 20.8 Å². The molecule has 4 rings (SSSR count). The minimum atomic E-state index is -0.557. The number of esters is 1. The number of benzene rings is 3. The molecule has 0 spiro atoms. The second-order valence-corrected chi connectivity index (χ2v) is 10.2. The summed E-state index contributed by atoms with van der Waals surface area (Å²) in [6.07, 6.45) is 3.50. The molecule has 6 nitrogen and oxygen atoms in total. The Hall–Kier alpha value is -3.77. The predicted octanol–water partition coefficient (Wildman–Crippen LogP) is 4.89. The molecule has 0 amide bonds. The first-order chi connectivity index (χ1) is 17.3. The molecule has 3 N–H and O–H groups in total. The molecule has 0 aliphatic heterocycles. The summed E-state index contributed by atoms with van der Waals surface area (Å²) in [5, 5.41) is 3.72. The van der Waals surface area contributed by atoms with Crippen LogP contribution in [0.2, 0.25) is 0 Å². The molecule has 0 saturated heterocycles. The third-order valence-electron chi connectivity index (χ3n) is 6.25. The second kappa shape index (κ2) is 11.3. The molecular formula is C30H34N4O2. The van der Waals surface area contributed by atoms with Gasteiger partial charge in [-0.1, -0.05) is 66.7 Å². The fourth-order valence-corrected chi connectivity index (χ4v) is 4.18. The zero-order valence-corrected chi connectivity index (χ0v) is 21.2. The summed E-state index contributed by atoms with van der Waals surface area (Å²) in [4.78, 5) is 19.9. The normalized spacial score (nSPS) is 14.2. The van der Waals surface area contributed by atoms with Crippen LogP contribution < -0.4 is 11.1 Å². The van der Waals surface area contributed by atoms with Gasteiger partial charge in [0.25, 0.3) is 0 Å². The lowest BCUT2D eigenvalue weighted by Gasteiger charge is -2.14. The minimum absolute atomic E-state index is 0.0787. The van der Waals surface area contributed by atoms with E-state index in [-0.39, 0.29) is 12.7 Å². The summed E-state index contributed by atoms with van der Waals surface area (Å²) < 4.78 is 5.08. The third-order valence-corrected chi connectivity index (χ3v) is 6.25. The summed E-state index contributed by atoms with van der Waals surface area (Å²) in [6, 6.07) is 25.8. The molecule has 0 bridgehead atoms. The molecule has 0 atom stereocenters. The summed E-state index contributed by atoms with van der Waals surface area (Å²) in [7, 11) is 0. The third kappa shape index (κ3) is 6.67.